The predicted molar refractivity (Wildman–Crippen MR) is 60.0 cm³/mol. The van der Waals surface area contributed by atoms with Crippen molar-refractivity contribution in [3.63, 3.8) is 0 Å². The first-order valence-electron chi connectivity index (χ1n) is 5.15. The van der Waals surface area contributed by atoms with Gasteiger partial charge in [0.05, 0.1) is 6.42 Å². The van der Waals surface area contributed by atoms with E-state index < -0.39 is 5.97 Å². The van der Waals surface area contributed by atoms with Gasteiger partial charge in [0.2, 0.25) is 5.91 Å². The molecule has 4 nitrogen and oxygen atoms in total. The maximum atomic E-state index is 11.7. The molecule has 1 atom stereocenters. The highest BCUT2D eigenvalue weighted by molar-refractivity contribution is 7.98. The second-order valence-corrected chi connectivity index (χ2v) is 4.71. The van der Waals surface area contributed by atoms with Crippen LogP contribution < -0.4 is 0 Å². The van der Waals surface area contributed by atoms with Crippen LogP contribution in [0.1, 0.15) is 25.7 Å². The zero-order chi connectivity index (χ0) is 11.3. The number of carboxylic acid groups (broad SMARTS) is 1. The number of hydrogen-bond donors (Lipinski definition) is 1. The van der Waals surface area contributed by atoms with Crippen molar-refractivity contribution < 1.29 is 14.7 Å². The molecule has 0 aromatic carbocycles. The molecule has 1 unspecified atom stereocenters. The molecular formula is C10H17NO3S. The molecule has 0 aromatic rings. The summed E-state index contributed by atoms with van der Waals surface area (Å²) < 4.78 is 0. The number of likely N-dealkylation sites (tertiary alicyclic amines) is 1. The Morgan fingerprint density at radius 3 is 2.87 bits per heavy atom. The number of nitrogens with zero attached hydrogens (tertiary/aromatic N) is 1. The van der Waals surface area contributed by atoms with Gasteiger partial charge in [-0.2, -0.15) is 11.8 Å². The topological polar surface area (TPSA) is 57.6 Å². The van der Waals surface area contributed by atoms with E-state index >= 15 is 0 Å². The fourth-order valence-corrected chi connectivity index (χ4v) is 2.29. The van der Waals surface area contributed by atoms with Crippen LogP contribution >= 0.6 is 11.8 Å². The summed E-state index contributed by atoms with van der Waals surface area (Å²) in [5, 5.41) is 8.71. The van der Waals surface area contributed by atoms with Gasteiger partial charge in [0.1, 0.15) is 0 Å². The Balaban J connectivity index is 2.44. The third-order valence-electron chi connectivity index (χ3n) is 2.63. The van der Waals surface area contributed by atoms with E-state index in [0.29, 0.717) is 6.42 Å². The molecule has 1 rings (SSSR count). The Kier molecular flexibility index (Phi) is 4.94. The van der Waals surface area contributed by atoms with Gasteiger partial charge in [-0.25, -0.2) is 0 Å². The molecule has 1 amide bonds. The van der Waals surface area contributed by atoms with Crippen LogP contribution in [0.15, 0.2) is 0 Å². The molecule has 0 bridgehead atoms. The first-order chi connectivity index (χ1) is 7.15. The lowest BCUT2D eigenvalue weighted by atomic mass is 10.1. The van der Waals surface area contributed by atoms with Crippen LogP contribution in [0, 0.1) is 0 Å². The van der Waals surface area contributed by atoms with Crippen molar-refractivity contribution in [2.45, 2.75) is 31.7 Å². The maximum Gasteiger partial charge on any atom is 0.305 e. The van der Waals surface area contributed by atoms with Gasteiger partial charge in [-0.1, -0.05) is 0 Å². The van der Waals surface area contributed by atoms with E-state index in [-0.39, 0.29) is 18.4 Å². The van der Waals surface area contributed by atoms with E-state index in [1.165, 1.54) is 0 Å². The highest BCUT2D eigenvalue weighted by atomic mass is 32.2. The molecule has 15 heavy (non-hydrogen) atoms. The van der Waals surface area contributed by atoms with Gasteiger partial charge < -0.3 is 10.0 Å². The van der Waals surface area contributed by atoms with Crippen molar-refractivity contribution in [1.82, 2.24) is 4.90 Å². The predicted octanol–water partition coefficient (Wildman–Crippen LogP) is 1.21. The zero-order valence-electron chi connectivity index (χ0n) is 8.94. The third kappa shape index (κ3) is 3.74. The minimum Gasteiger partial charge on any atom is -0.481 e. The van der Waals surface area contributed by atoms with Crippen molar-refractivity contribution in [2.24, 2.45) is 0 Å². The summed E-state index contributed by atoms with van der Waals surface area (Å²) >= 11 is 1.64. The summed E-state index contributed by atoms with van der Waals surface area (Å²) in [6.07, 6.45) is 4.34. The van der Waals surface area contributed by atoms with Gasteiger partial charge in [0.15, 0.2) is 0 Å². The lowest BCUT2D eigenvalue weighted by molar-refractivity contribution is -0.139. The Hall–Kier alpha value is -0.710. The minimum absolute atomic E-state index is 0.0724. The van der Waals surface area contributed by atoms with E-state index in [4.69, 9.17) is 5.11 Å². The van der Waals surface area contributed by atoms with E-state index in [1.807, 2.05) is 6.26 Å². The summed E-state index contributed by atoms with van der Waals surface area (Å²) in [6.45, 7) is 0.727. The van der Waals surface area contributed by atoms with E-state index in [0.717, 1.165) is 25.1 Å². The van der Waals surface area contributed by atoms with Gasteiger partial charge in [-0.15, -0.1) is 0 Å². The Morgan fingerprint density at radius 1 is 1.53 bits per heavy atom. The van der Waals surface area contributed by atoms with Crippen molar-refractivity contribution in [3.8, 4) is 0 Å². The van der Waals surface area contributed by atoms with Gasteiger partial charge in [0, 0.05) is 24.8 Å². The third-order valence-corrected chi connectivity index (χ3v) is 3.24. The highest BCUT2D eigenvalue weighted by Crippen LogP contribution is 2.21. The molecule has 1 heterocycles. The normalized spacial score (nSPS) is 20.6. The van der Waals surface area contributed by atoms with E-state index in [9.17, 15) is 9.59 Å². The van der Waals surface area contributed by atoms with Crippen LogP contribution in [-0.2, 0) is 9.59 Å². The quantitative estimate of drug-likeness (QED) is 0.772. The van der Waals surface area contributed by atoms with Crippen molar-refractivity contribution in [3.05, 3.63) is 0 Å². The summed E-state index contributed by atoms with van der Waals surface area (Å²) in [6, 6.07) is -0.0724. The summed E-state index contributed by atoms with van der Waals surface area (Å²) in [4.78, 5) is 24.1. The maximum absolute atomic E-state index is 11.7. The number of aliphatic carboxylic acids is 1. The second-order valence-electron chi connectivity index (χ2n) is 3.72. The number of thioether (sulfide) groups is 1. The number of carbonyl (C=O) groups excluding carboxylic acids is 1. The first-order valence-corrected chi connectivity index (χ1v) is 6.54. The molecule has 1 aliphatic heterocycles. The fraction of sp³-hybridized carbons (Fsp3) is 0.800. The summed E-state index contributed by atoms with van der Waals surface area (Å²) in [5.41, 5.74) is 0. The molecule has 1 N–H and O–H groups in total. The van der Waals surface area contributed by atoms with Gasteiger partial charge in [-0.3, -0.25) is 9.59 Å². The number of rotatable bonds is 5. The smallest absolute Gasteiger partial charge is 0.305 e. The summed E-state index contributed by atoms with van der Waals surface area (Å²) in [5.74, 6) is 0.104. The van der Waals surface area contributed by atoms with Gasteiger partial charge in [0.25, 0.3) is 0 Å². The van der Waals surface area contributed by atoms with Crippen molar-refractivity contribution in [1.29, 1.82) is 0 Å². The van der Waals surface area contributed by atoms with Gasteiger partial charge >= 0.3 is 5.97 Å². The number of carbonyl (C=O) groups is 2. The largest absolute Gasteiger partial charge is 0.481 e. The number of carboxylic acids is 1. The Bertz CT molecular complexity index is 245. The lowest BCUT2D eigenvalue weighted by Gasteiger charge is -2.23. The van der Waals surface area contributed by atoms with Gasteiger partial charge in [-0.05, 0) is 19.1 Å². The SMILES string of the molecule is CSCCC(=O)N1CCCC1CC(=O)O. The zero-order valence-corrected chi connectivity index (χ0v) is 9.76. The van der Waals surface area contributed by atoms with Crippen molar-refractivity contribution >= 4 is 23.6 Å². The molecule has 1 fully saturated rings. The first kappa shape index (κ1) is 12.4. The molecule has 0 spiro atoms. The Labute approximate surface area is 94.0 Å². The molecule has 0 aromatic heterocycles. The van der Waals surface area contributed by atoms with Crippen LogP contribution in [0.4, 0.5) is 0 Å². The van der Waals surface area contributed by atoms with E-state index in [2.05, 4.69) is 0 Å². The molecule has 0 aliphatic carbocycles. The molecule has 5 heteroatoms. The molecule has 1 saturated heterocycles. The molecule has 1 aliphatic rings. The molecule has 0 radical (unpaired) electrons. The van der Waals surface area contributed by atoms with Crippen LogP contribution in [0.25, 0.3) is 0 Å². The average molecular weight is 231 g/mol. The standard InChI is InChI=1S/C10H17NO3S/c1-15-6-4-9(12)11-5-2-3-8(11)7-10(13)14/h8H,2-7H2,1H3,(H,13,14). The Morgan fingerprint density at radius 2 is 2.27 bits per heavy atom. The van der Waals surface area contributed by atoms with Crippen LogP contribution in [0.2, 0.25) is 0 Å². The summed E-state index contributed by atoms with van der Waals surface area (Å²) in [7, 11) is 0. The van der Waals surface area contributed by atoms with E-state index in [1.54, 1.807) is 16.7 Å². The minimum atomic E-state index is -0.815. The monoisotopic (exact) mass is 231 g/mol. The fourth-order valence-electron chi connectivity index (χ4n) is 1.91. The van der Waals surface area contributed by atoms with Crippen LogP contribution in [0.3, 0.4) is 0 Å². The molecule has 86 valence electrons. The number of amides is 1. The lowest BCUT2D eigenvalue weighted by Crippen LogP contribution is -2.36. The molecular weight excluding hydrogens is 214 g/mol. The highest BCUT2D eigenvalue weighted by Gasteiger charge is 2.29. The van der Waals surface area contributed by atoms with Crippen molar-refractivity contribution in [2.75, 3.05) is 18.6 Å². The number of hydrogen-bond acceptors (Lipinski definition) is 3. The van der Waals surface area contributed by atoms with Crippen LogP contribution in [0.5, 0.6) is 0 Å². The molecule has 0 saturated carbocycles. The second kappa shape index (κ2) is 6.00. The van der Waals surface area contributed by atoms with Crippen LogP contribution in [-0.4, -0.2) is 46.5 Å². The average Bonchev–Trinajstić information content (AvgIpc) is 2.61.